The van der Waals surface area contributed by atoms with Gasteiger partial charge >= 0.3 is 0 Å². The van der Waals surface area contributed by atoms with Gasteiger partial charge in [-0.25, -0.2) is 4.98 Å². The van der Waals surface area contributed by atoms with Crippen LogP contribution in [0.25, 0.3) is 0 Å². The van der Waals surface area contributed by atoms with Crippen molar-refractivity contribution in [2.24, 2.45) is 5.92 Å². The normalized spacial score (nSPS) is 19.7. The first-order valence-corrected chi connectivity index (χ1v) is 7.66. The Balaban J connectivity index is 1.58. The van der Waals surface area contributed by atoms with Crippen molar-refractivity contribution in [3.8, 4) is 0 Å². The zero-order valence-corrected chi connectivity index (χ0v) is 12.1. The molecule has 2 heterocycles. The van der Waals surface area contributed by atoms with Gasteiger partial charge in [0.05, 0.1) is 6.61 Å². The first-order valence-electron chi connectivity index (χ1n) is 5.88. The minimum atomic E-state index is 0.710. The predicted molar refractivity (Wildman–Crippen MR) is 74.5 cm³/mol. The van der Waals surface area contributed by atoms with Gasteiger partial charge in [-0.1, -0.05) is 0 Å². The summed E-state index contributed by atoms with van der Waals surface area (Å²) in [6.07, 6.45) is 3.03. The van der Waals surface area contributed by atoms with Crippen LogP contribution >= 0.6 is 27.7 Å². The van der Waals surface area contributed by atoms with Gasteiger partial charge in [0.1, 0.15) is 5.03 Å². The Hall–Kier alpha value is -0.100. The Kier molecular flexibility index (Phi) is 5.77. The Labute approximate surface area is 115 Å². The Morgan fingerprint density at radius 1 is 1.59 bits per heavy atom. The minimum absolute atomic E-state index is 0.710. The molecule has 1 aliphatic heterocycles. The van der Waals surface area contributed by atoms with E-state index in [1.165, 1.54) is 6.42 Å². The third-order valence-electron chi connectivity index (χ3n) is 2.70. The van der Waals surface area contributed by atoms with E-state index in [2.05, 4.69) is 26.2 Å². The van der Waals surface area contributed by atoms with Crippen molar-refractivity contribution < 1.29 is 4.74 Å². The van der Waals surface area contributed by atoms with Crippen molar-refractivity contribution in [3.05, 3.63) is 22.8 Å². The van der Waals surface area contributed by atoms with Crippen LogP contribution in [-0.2, 0) is 4.74 Å². The molecule has 0 saturated carbocycles. The van der Waals surface area contributed by atoms with Gasteiger partial charge in [-0.3, -0.25) is 0 Å². The van der Waals surface area contributed by atoms with Gasteiger partial charge in [0.2, 0.25) is 0 Å². The second kappa shape index (κ2) is 7.36. The maximum atomic E-state index is 5.34. The van der Waals surface area contributed by atoms with E-state index in [0.717, 1.165) is 41.6 Å². The van der Waals surface area contributed by atoms with Crippen LogP contribution < -0.4 is 5.32 Å². The van der Waals surface area contributed by atoms with Gasteiger partial charge in [-0.15, -0.1) is 11.8 Å². The molecule has 1 unspecified atom stereocenters. The van der Waals surface area contributed by atoms with Crippen LogP contribution in [0.3, 0.4) is 0 Å². The van der Waals surface area contributed by atoms with Crippen molar-refractivity contribution in [2.45, 2.75) is 11.4 Å². The van der Waals surface area contributed by atoms with E-state index >= 15 is 0 Å². The van der Waals surface area contributed by atoms with Crippen molar-refractivity contribution in [2.75, 3.05) is 32.1 Å². The highest BCUT2D eigenvalue weighted by Gasteiger charge is 2.14. The van der Waals surface area contributed by atoms with Crippen molar-refractivity contribution in [3.63, 3.8) is 0 Å². The summed E-state index contributed by atoms with van der Waals surface area (Å²) in [5, 5.41) is 4.54. The number of hydrogen-bond donors (Lipinski definition) is 1. The number of nitrogens with one attached hydrogen (secondary N) is 1. The smallest absolute Gasteiger partial charge is 0.110 e. The Morgan fingerprint density at radius 3 is 3.29 bits per heavy atom. The number of nitrogens with zero attached hydrogens (tertiary/aromatic N) is 1. The van der Waals surface area contributed by atoms with E-state index in [-0.39, 0.29) is 0 Å². The lowest BCUT2D eigenvalue weighted by atomic mass is 10.1. The number of aromatic nitrogens is 1. The van der Waals surface area contributed by atoms with Crippen LogP contribution in [-0.4, -0.2) is 37.0 Å². The molecule has 94 valence electrons. The Bertz CT molecular complexity index is 345. The molecule has 17 heavy (non-hydrogen) atoms. The number of ether oxygens (including phenoxy) is 1. The molecule has 0 aliphatic carbocycles. The SMILES string of the molecule is Brc1cccnc1SCCNCC1CCOC1. The number of halogens is 1. The monoisotopic (exact) mass is 316 g/mol. The minimum Gasteiger partial charge on any atom is -0.381 e. The molecule has 0 bridgehead atoms. The van der Waals surface area contributed by atoms with Crippen molar-refractivity contribution in [1.29, 1.82) is 0 Å². The second-order valence-corrected chi connectivity index (χ2v) is 6.01. The van der Waals surface area contributed by atoms with Crippen LogP contribution in [0.2, 0.25) is 0 Å². The third kappa shape index (κ3) is 4.58. The van der Waals surface area contributed by atoms with Gasteiger partial charge in [0.15, 0.2) is 0 Å². The molecule has 0 amide bonds. The van der Waals surface area contributed by atoms with Gasteiger partial charge in [-0.2, -0.15) is 0 Å². The molecule has 2 rings (SSSR count). The molecule has 1 fully saturated rings. The second-order valence-electron chi connectivity index (χ2n) is 4.07. The molecule has 1 saturated heterocycles. The average Bonchev–Trinajstić information content (AvgIpc) is 2.84. The van der Waals surface area contributed by atoms with E-state index in [9.17, 15) is 0 Å². The third-order valence-corrected chi connectivity index (χ3v) is 4.61. The lowest BCUT2D eigenvalue weighted by Gasteiger charge is -2.09. The first-order chi connectivity index (χ1) is 8.36. The largest absolute Gasteiger partial charge is 0.381 e. The highest BCUT2D eigenvalue weighted by atomic mass is 79.9. The fraction of sp³-hybridized carbons (Fsp3) is 0.583. The molecule has 1 aromatic rings. The molecule has 1 aliphatic rings. The quantitative estimate of drug-likeness (QED) is 0.646. The summed E-state index contributed by atoms with van der Waals surface area (Å²) in [5.74, 6) is 1.75. The number of pyridine rings is 1. The van der Waals surface area contributed by atoms with Crippen molar-refractivity contribution in [1.82, 2.24) is 10.3 Å². The average molecular weight is 317 g/mol. The van der Waals surface area contributed by atoms with Gasteiger partial charge in [0.25, 0.3) is 0 Å². The molecule has 0 spiro atoms. The fourth-order valence-corrected chi connectivity index (χ4v) is 3.13. The number of thioether (sulfide) groups is 1. The molecular weight excluding hydrogens is 300 g/mol. The molecule has 0 aromatic carbocycles. The lowest BCUT2D eigenvalue weighted by molar-refractivity contribution is 0.185. The highest BCUT2D eigenvalue weighted by molar-refractivity contribution is 9.10. The predicted octanol–water partition coefficient (Wildman–Crippen LogP) is 2.56. The number of hydrogen-bond acceptors (Lipinski definition) is 4. The molecule has 5 heteroatoms. The van der Waals surface area contributed by atoms with Crippen LogP contribution in [0.1, 0.15) is 6.42 Å². The summed E-state index contributed by atoms with van der Waals surface area (Å²) in [6.45, 7) is 3.95. The van der Waals surface area contributed by atoms with E-state index < -0.39 is 0 Å². The van der Waals surface area contributed by atoms with E-state index in [0.29, 0.717) is 5.92 Å². The van der Waals surface area contributed by atoms with Crippen LogP contribution in [0.4, 0.5) is 0 Å². The summed E-state index contributed by atoms with van der Waals surface area (Å²) >= 11 is 5.28. The molecule has 1 aromatic heterocycles. The van der Waals surface area contributed by atoms with Crippen LogP contribution in [0.5, 0.6) is 0 Å². The van der Waals surface area contributed by atoms with Gasteiger partial charge < -0.3 is 10.1 Å². The fourth-order valence-electron chi connectivity index (χ4n) is 1.75. The highest BCUT2D eigenvalue weighted by Crippen LogP contribution is 2.23. The zero-order valence-electron chi connectivity index (χ0n) is 9.69. The van der Waals surface area contributed by atoms with Crippen molar-refractivity contribution >= 4 is 27.7 Å². The first kappa shape index (κ1) is 13.3. The standard InChI is InChI=1S/C12H17BrN2OS/c13-11-2-1-4-15-12(11)17-7-5-14-8-10-3-6-16-9-10/h1-2,4,10,14H,3,5-9H2. The van der Waals surface area contributed by atoms with E-state index in [1.54, 1.807) is 11.8 Å². The molecule has 1 N–H and O–H groups in total. The summed E-state index contributed by atoms with van der Waals surface area (Å²) in [6, 6.07) is 3.96. The van der Waals surface area contributed by atoms with Gasteiger partial charge in [0, 0.05) is 36.1 Å². The zero-order chi connectivity index (χ0) is 11.9. The summed E-state index contributed by atoms with van der Waals surface area (Å²) in [4.78, 5) is 4.32. The summed E-state index contributed by atoms with van der Waals surface area (Å²) in [7, 11) is 0. The van der Waals surface area contributed by atoms with E-state index in [1.807, 2.05) is 18.3 Å². The van der Waals surface area contributed by atoms with Crippen LogP contribution in [0.15, 0.2) is 27.8 Å². The maximum Gasteiger partial charge on any atom is 0.110 e. The van der Waals surface area contributed by atoms with Crippen LogP contribution in [0, 0.1) is 5.92 Å². The van der Waals surface area contributed by atoms with Gasteiger partial charge in [-0.05, 0) is 40.4 Å². The van der Waals surface area contributed by atoms with E-state index in [4.69, 9.17) is 4.74 Å². The molecule has 1 atom stereocenters. The summed E-state index contributed by atoms with van der Waals surface area (Å²) < 4.78 is 6.42. The summed E-state index contributed by atoms with van der Waals surface area (Å²) in [5.41, 5.74) is 0. The lowest BCUT2D eigenvalue weighted by Crippen LogP contribution is -2.25. The number of rotatable bonds is 6. The molecule has 3 nitrogen and oxygen atoms in total. The molecular formula is C12H17BrN2OS. The Morgan fingerprint density at radius 2 is 2.53 bits per heavy atom. The maximum absolute atomic E-state index is 5.34. The molecule has 0 radical (unpaired) electrons. The topological polar surface area (TPSA) is 34.2 Å².